The fourth-order valence-corrected chi connectivity index (χ4v) is 1.05. The second-order valence-electron chi connectivity index (χ2n) is 2.12. The molecule has 72 valence electrons. The van der Waals surface area contributed by atoms with E-state index in [9.17, 15) is 13.2 Å². The molecule has 1 rings (SSSR count). The van der Waals surface area contributed by atoms with Crippen LogP contribution in [0.15, 0.2) is 16.6 Å². The van der Waals surface area contributed by atoms with Gasteiger partial charge >= 0.3 is 6.61 Å². The molecule has 6 heteroatoms. The number of aromatic hydroxyl groups is 1. The number of hydrogen-bond donors (Lipinski definition) is 1. The van der Waals surface area contributed by atoms with Gasteiger partial charge in [0.15, 0.2) is 0 Å². The normalized spacial score (nSPS) is 10.5. The fourth-order valence-electron chi connectivity index (χ4n) is 0.732. The van der Waals surface area contributed by atoms with E-state index in [1.54, 1.807) is 0 Å². The van der Waals surface area contributed by atoms with Crippen LogP contribution in [0.25, 0.3) is 0 Å². The van der Waals surface area contributed by atoms with E-state index in [1.165, 1.54) is 0 Å². The summed E-state index contributed by atoms with van der Waals surface area (Å²) >= 11 is 2.70. The average Bonchev–Trinajstić information content (AvgIpc) is 1.98. The minimum absolute atomic E-state index is 0.245. The maximum absolute atomic E-state index is 12.8. The van der Waals surface area contributed by atoms with E-state index in [0.717, 1.165) is 12.1 Å². The SMILES string of the molecule is Oc1cc(F)c(Br)c(OC(F)F)c1. The van der Waals surface area contributed by atoms with Crippen molar-refractivity contribution >= 4 is 15.9 Å². The summed E-state index contributed by atoms with van der Waals surface area (Å²) in [4.78, 5) is 0. The number of benzene rings is 1. The zero-order valence-corrected chi connectivity index (χ0v) is 7.69. The van der Waals surface area contributed by atoms with Crippen molar-refractivity contribution < 1.29 is 23.0 Å². The Kier molecular flexibility index (Phi) is 3.02. The standard InChI is InChI=1S/C7H4BrF3O2/c8-6-4(9)1-3(12)2-5(6)13-7(10)11/h1-2,7,12H. The maximum Gasteiger partial charge on any atom is 0.387 e. The minimum atomic E-state index is -3.06. The Bertz CT molecular complexity index is 317. The summed E-state index contributed by atoms with van der Waals surface area (Å²) in [7, 11) is 0. The van der Waals surface area contributed by atoms with Gasteiger partial charge in [0.1, 0.15) is 17.3 Å². The van der Waals surface area contributed by atoms with Gasteiger partial charge in [0.2, 0.25) is 0 Å². The van der Waals surface area contributed by atoms with E-state index in [2.05, 4.69) is 20.7 Å². The van der Waals surface area contributed by atoms with Gasteiger partial charge in [-0.25, -0.2) is 4.39 Å². The van der Waals surface area contributed by atoms with Gasteiger partial charge in [-0.3, -0.25) is 0 Å². The molecule has 0 unspecified atom stereocenters. The molecule has 0 aliphatic rings. The zero-order valence-electron chi connectivity index (χ0n) is 6.10. The van der Waals surface area contributed by atoms with Crippen LogP contribution in [0.5, 0.6) is 11.5 Å². The lowest BCUT2D eigenvalue weighted by Gasteiger charge is -2.07. The molecular weight excluding hydrogens is 253 g/mol. The highest BCUT2D eigenvalue weighted by Crippen LogP contribution is 2.32. The van der Waals surface area contributed by atoms with E-state index >= 15 is 0 Å². The van der Waals surface area contributed by atoms with Crippen LogP contribution >= 0.6 is 15.9 Å². The predicted molar refractivity (Wildman–Crippen MR) is 42.4 cm³/mol. The maximum atomic E-state index is 12.8. The van der Waals surface area contributed by atoms with Crippen LogP contribution in [0.1, 0.15) is 0 Å². The Morgan fingerprint density at radius 3 is 2.54 bits per heavy atom. The van der Waals surface area contributed by atoms with Crippen LogP contribution in [0, 0.1) is 5.82 Å². The molecule has 0 amide bonds. The minimum Gasteiger partial charge on any atom is -0.508 e. The molecule has 0 heterocycles. The predicted octanol–water partition coefficient (Wildman–Crippen LogP) is 2.90. The lowest BCUT2D eigenvalue weighted by molar-refractivity contribution is -0.0506. The molecular formula is C7H4BrF3O2. The first-order chi connectivity index (χ1) is 6.00. The number of halogens is 4. The first-order valence-electron chi connectivity index (χ1n) is 3.13. The van der Waals surface area contributed by atoms with Crippen LogP contribution in [0.3, 0.4) is 0 Å². The summed E-state index contributed by atoms with van der Waals surface area (Å²) in [6, 6.07) is 1.67. The summed E-state index contributed by atoms with van der Waals surface area (Å²) in [5.74, 6) is -1.78. The average molecular weight is 257 g/mol. The van der Waals surface area contributed by atoms with Gasteiger partial charge in [-0.05, 0) is 15.9 Å². The van der Waals surface area contributed by atoms with Crippen LogP contribution < -0.4 is 4.74 Å². The van der Waals surface area contributed by atoms with Crippen LogP contribution in [-0.4, -0.2) is 11.7 Å². The first-order valence-corrected chi connectivity index (χ1v) is 3.93. The lowest BCUT2D eigenvalue weighted by Crippen LogP contribution is -2.02. The summed E-state index contributed by atoms with van der Waals surface area (Å²) in [5.41, 5.74) is 0. The van der Waals surface area contributed by atoms with E-state index < -0.39 is 23.9 Å². The third-order valence-corrected chi connectivity index (χ3v) is 1.97. The Morgan fingerprint density at radius 2 is 2.00 bits per heavy atom. The highest BCUT2D eigenvalue weighted by Gasteiger charge is 2.13. The Labute approximate surface area is 80.1 Å². The summed E-state index contributed by atoms with van der Waals surface area (Å²) in [5, 5.41) is 8.85. The first kappa shape index (κ1) is 10.2. The van der Waals surface area contributed by atoms with Gasteiger partial charge in [-0.1, -0.05) is 0 Å². The molecule has 13 heavy (non-hydrogen) atoms. The summed E-state index contributed by atoms with van der Waals surface area (Å²) in [6.07, 6.45) is 0. The largest absolute Gasteiger partial charge is 0.508 e. The van der Waals surface area contributed by atoms with E-state index in [-0.39, 0.29) is 4.47 Å². The molecule has 0 radical (unpaired) electrons. The van der Waals surface area contributed by atoms with Gasteiger partial charge in [-0.15, -0.1) is 0 Å². The lowest BCUT2D eigenvalue weighted by atomic mass is 10.3. The van der Waals surface area contributed by atoms with Crippen LogP contribution in [-0.2, 0) is 0 Å². The van der Waals surface area contributed by atoms with Crippen molar-refractivity contribution in [3.63, 3.8) is 0 Å². The molecule has 0 saturated carbocycles. The molecule has 1 aromatic carbocycles. The van der Waals surface area contributed by atoms with Gasteiger partial charge in [0.05, 0.1) is 4.47 Å². The molecule has 0 spiro atoms. The second-order valence-corrected chi connectivity index (χ2v) is 2.91. The van der Waals surface area contributed by atoms with Gasteiger partial charge in [-0.2, -0.15) is 8.78 Å². The van der Waals surface area contributed by atoms with E-state index in [1.807, 2.05) is 0 Å². The third-order valence-electron chi connectivity index (χ3n) is 1.20. The van der Waals surface area contributed by atoms with Crippen LogP contribution in [0.4, 0.5) is 13.2 Å². The molecule has 0 bridgehead atoms. The van der Waals surface area contributed by atoms with Crippen molar-refractivity contribution in [2.75, 3.05) is 0 Å². The number of rotatable bonds is 2. The molecule has 2 nitrogen and oxygen atoms in total. The Morgan fingerprint density at radius 1 is 1.38 bits per heavy atom. The molecule has 0 saturated heterocycles. The molecule has 0 atom stereocenters. The monoisotopic (exact) mass is 256 g/mol. The van der Waals surface area contributed by atoms with E-state index in [4.69, 9.17) is 5.11 Å². The molecule has 0 fully saturated rings. The fraction of sp³-hybridized carbons (Fsp3) is 0.143. The van der Waals surface area contributed by atoms with Crippen molar-refractivity contribution in [3.8, 4) is 11.5 Å². The number of phenols is 1. The smallest absolute Gasteiger partial charge is 0.387 e. The number of hydrogen-bond acceptors (Lipinski definition) is 2. The molecule has 0 aromatic heterocycles. The molecule has 1 N–H and O–H groups in total. The van der Waals surface area contributed by atoms with Gasteiger partial charge in [0.25, 0.3) is 0 Å². The van der Waals surface area contributed by atoms with Crippen molar-refractivity contribution in [1.82, 2.24) is 0 Å². The highest BCUT2D eigenvalue weighted by atomic mass is 79.9. The summed E-state index contributed by atoms with van der Waals surface area (Å²) in [6.45, 7) is -3.06. The topological polar surface area (TPSA) is 29.5 Å². The van der Waals surface area contributed by atoms with Crippen molar-refractivity contribution in [3.05, 3.63) is 22.4 Å². The van der Waals surface area contributed by atoms with Crippen LogP contribution in [0.2, 0.25) is 0 Å². The summed E-state index contributed by atoms with van der Waals surface area (Å²) < 4.78 is 39.9. The Hall–Kier alpha value is -0.910. The van der Waals surface area contributed by atoms with Gasteiger partial charge in [0, 0.05) is 12.1 Å². The van der Waals surface area contributed by atoms with Crippen molar-refractivity contribution in [1.29, 1.82) is 0 Å². The highest BCUT2D eigenvalue weighted by molar-refractivity contribution is 9.10. The van der Waals surface area contributed by atoms with Gasteiger partial charge < -0.3 is 9.84 Å². The molecule has 0 aliphatic heterocycles. The number of alkyl halides is 2. The molecule has 1 aromatic rings. The zero-order chi connectivity index (χ0) is 10.0. The van der Waals surface area contributed by atoms with Crippen molar-refractivity contribution in [2.45, 2.75) is 6.61 Å². The number of ether oxygens (including phenoxy) is 1. The third kappa shape index (κ3) is 2.51. The molecule has 0 aliphatic carbocycles. The Balaban J connectivity index is 3.05. The number of phenolic OH excluding ortho intramolecular Hbond substituents is 1. The van der Waals surface area contributed by atoms with Crippen molar-refractivity contribution in [2.24, 2.45) is 0 Å². The van der Waals surface area contributed by atoms with E-state index in [0.29, 0.717) is 0 Å². The second kappa shape index (κ2) is 3.87. The quantitative estimate of drug-likeness (QED) is 0.882.